The predicted molar refractivity (Wildman–Crippen MR) is 111 cm³/mol. The summed E-state index contributed by atoms with van der Waals surface area (Å²) in [7, 11) is 0. The number of fused-ring (bicyclic) bond motifs is 1. The van der Waals surface area contributed by atoms with Gasteiger partial charge in [-0.15, -0.1) is 0 Å². The third-order valence-electron chi connectivity index (χ3n) is 6.79. The molecule has 2 atom stereocenters. The Bertz CT molecular complexity index is 726. The second-order valence-corrected chi connectivity index (χ2v) is 9.03. The van der Waals surface area contributed by atoms with Crippen LogP contribution in [0.3, 0.4) is 0 Å². The fourth-order valence-electron chi connectivity index (χ4n) is 5.16. The molecule has 0 aromatic heterocycles. The highest BCUT2D eigenvalue weighted by Crippen LogP contribution is 2.35. The van der Waals surface area contributed by atoms with Gasteiger partial charge in [-0.1, -0.05) is 32.0 Å². The molecule has 3 aliphatic rings. The molecule has 0 spiro atoms. The molecule has 2 saturated heterocycles. The van der Waals surface area contributed by atoms with E-state index in [1.54, 1.807) is 0 Å². The number of benzene rings is 1. The van der Waals surface area contributed by atoms with Crippen LogP contribution in [0, 0.1) is 11.8 Å². The molecule has 3 heterocycles. The van der Waals surface area contributed by atoms with Crippen molar-refractivity contribution in [1.82, 2.24) is 9.80 Å². The van der Waals surface area contributed by atoms with Crippen LogP contribution in [0.2, 0.25) is 0 Å². The topological polar surface area (TPSA) is 43.9 Å². The maximum absolute atomic E-state index is 12.9. The number of amides is 2. The van der Waals surface area contributed by atoms with Crippen molar-refractivity contribution in [1.29, 1.82) is 0 Å². The summed E-state index contributed by atoms with van der Waals surface area (Å²) >= 11 is 0. The van der Waals surface area contributed by atoms with Crippen LogP contribution in [0.15, 0.2) is 24.3 Å². The highest BCUT2D eigenvalue weighted by Gasteiger charge is 2.33. The zero-order valence-electron chi connectivity index (χ0n) is 17.3. The minimum Gasteiger partial charge on any atom is -0.361 e. The molecule has 2 fully saturated rings. The summed E-state index contributed by atoms with van der Waals surface area (Å²) in [5.41, 5.74) is 2.54. The molecule has 2 amide bonds. The number of piperidine rings is 2. The normalized spacial score (nSPS) is 25.7. The van der Waals surface area contributed by atoms with Crippen LogP contribution < -0.4 is 4.90 Å². The van der Waals surface area contributed by atoms with Crippen LogP contribution >= 0.6 is 0 Å². The summed E-state index contributed by atoms with van der Waals surface area (Å²) < 4.78 is 0. The third kappa shape index (κ3) is 3.89. The molecule has 2 unspecified atom stereocenters. The second-order valence-electron chi connectivity index (χ2n) is 9.03. The molecule has 0 bridgehead atoms. The van der Waals surface area contributed by atoms with Crippen LogP contribution in [0.25, 0.3) is 0 Å². The van der Waals surface area contributed by atoms with Crippen LogP contribution in [-0.4, -0.2) is 60.9 Å². The van der Waals surface area contributed by atoms with Crippen LogP contribution in [0.5, 0.6) is 0 Å². The third-order valence-corrected chi connectivity index (χ3v) is 6.79. The largest absolute Gasteiger partial charge is 0.361 e. The smallest absolute Gasteiger partial charge is 0.242 e. The summed E-state index contributed by atoms with van der Waals surface area (Å²) in [5.74, 6) is 1.70. The van der Waals surface area contributed by atoms with Gasteiger partial charge in [-0.3, -0.25) is 9.59 Å². The molecular weight excluding hydrogens is 350 g/mol. The number of nitrogens with zero attached hydrogens (tertiary/aromatic N) is 3. The van der Waals surface area contributed by atoms with Crippen LogP contribution in [-0.2, 0) is 9.59 Å². The van der Waals surface area contributed by atoms with E-state index in [1.165, 1.54) is 17.7 Å². The highest BCUT2D eigenvalue weighted by atomic mass is 16.2. The van der Waals surface area contributed by atoms with Gasteiger partial charge in [-0.25, -0.2) is 0 Å². The maximum atomic E-state index is 12.9. The molecule has 0 saturated carbocycles. The van der Waals surface area contributed by atoms with Gasteiger partial charge in [-0.05, 0) is 43.2 Å². The number of para-hydroxylation sites is 1. The zero-order valence-corrected chi connectivity index (χ0v) is 17.3. The first-order valence-corrected chi connectivity index (χ1v) is 10.9. The van der Waals surface area contributed by atoms with Gasteiger partial charge in [0.05, 0.1) is 6.54 Å². The van der Waals surface area contributed by atoms with E-state index >= 15 is 0 Å². The highest BCUT2D eigenvalue weighted by molar-refractivity contribution is 5.83. The average Bonchev–Trinajstić information content (AvgIpc) is 3.03. The molecule has 3 aliphatic heterocycles. The Kier molecular flexibility index (Phi) is 5.61. The molecule has 0 aliphatic carbocycles. The molecule has 0 radical (unpaired) electrons. The Morgan fingerprint density at radius 1 is 0.964 bits per heavy atom. The molecular formula is C23H33N3O2. The van der Waals surface area contributed by atoms with E-state index < -0.39 is 0 Å². The van der Waals surface area contributed by atoms with Crippen LogP contribution in [0.1, 0.15) is 51.0 Å². The lowest BCUT2D eigenvalue weighted by Crippen LogP contribution is -2.48. The Hall–Kier alpha value is -2.04. The van der Waals surface area contributed by atoms with Gasteiger partial charge in [0.1, 0.15) is 0 Å². The summed E-state index contributed by atoms with van der Waals surface area (Å²) in [6.07, 6.45) is 3.97. The van der Waals surface area contributed by atoms with Crippen molar-refractivity contribution in [3.05, 3.63) is 29.8 Å². The number of carbonyl (C=O) groups is 2. The standard InChI is InChI=1S/C23H33N3O2/c1-17-6-5-11-25(14-17)23(28)19-9-12-24(13-10-19)22(27)16-26-15-18(2)20-7-3-4-8-21(20)26/h3-4,7-8,17-19H,5-6,9-16H2,1-2H3. The van der Waals surface area contributed by atoms with Crippen molar-refractivity contribution in [3.8, 4) is 0 Å². The van der Waals surface area contributed by atoms with Crippen molar-refractivity contribution in [2.75, 3.05) is 44.2 Å². The molecule has 5 heteroatoms. The van der Waals surface area contributed by atoms with Gasteiger partial charge in [-0.2, -0.15) is 0 Å². The lowest BCUT2D eigenvalue weighted by atomic mass is 9.92. The fourth-order valence-corrected chi connectivity index (χ4v) is 5.16. The van der Waals surface area contributed by atoms with Gasteiger partial charge in [0.2, 0.25) is 11.8 Å². The Morgan fingerprint density at radius 3 is 2.46 bits per heavy atom. The van der Waals surface area contributed by atoms with E-state index in [9.17, 15) is 9.59 Å². The van der Waals surface area contributed by atoms with E-state index in [1.807, 2.05) is 11.0 Å². The maximum Gasteiger partial charge on any atom is 0.242 e. The first-order chi connectivity index (χ1) is 13.5. The lowest BCUT2D eigenvalue weighted by molar-refractivity contribution is -0.141. The minimum atomic E-state index is 0.0990. The predicted octanol–water partition coefficient (Wildman–Crippen LogP) is 3.11. The van der Waals surface area contributed by atoms with E-state index in [2.05, 4.69) is 41.8 Å². The summed E-state index contributed by atoms with van der Waals surface area (Å²) in [6.45, 7) is 9.06. The SMILES string of the molecule is CC1CCCN(C(=O)C2CCN(C(=O)CN3CC(C)c4ccccc43)CC2)C1. The fraction of sp³-hybridized carbons (Fsp3) is 0.652. The quantitative estimate of drug-likeness (QED) is 0.806. The average molecular weight is 384 g/mol. The van der Waals surface area contributed by atoms with Crippen molar-refractivity contribution in [3.63, 3.8) is 0 Å². The summed E-state index contributed by atoms with van der Waals surface area (Å²) in [5, 5.41) is 0. The second kappa shape index (κ2) is 8.14. The van der Waals surface area contributed by atoms with Gasteiger partial charge in [0.25, 0.3) is 0 Å². The molecule has 1 aromatic rings. The molecule has 0 N–H and O–H groups in total. The number of hydrogen-bond donors (Lipinski definition) is 0. The molecule has 28 heavy (non-hydrogen) atoms. The van der Waals surface area contributed by atoms with Crippen molar-refractivity contribution >= 4 is 17.5 Å². The van der Waals surface area contributed by atoms with Gasteiger partial charge < -0.3 is 14.7 Å². The first-order valence-electron chi connectivity index (χ1n) is 10.9. The number of anilines is 1. The van der Waals surface area contributed by atoms with E-state index in [4.69, 9.17) is 0 Å². The summed E-state index contributed by atoms with van der Waals surface area (Å²) in [6, 6.07) is 8.41. The van der Waals surface area contributed by atoms with Crippen molar-refractivity contribution < 1.29 is 9.59 Å². The Morgan fingerprint density at radius 2 is 1.71 bits per heavy atom. The van der Waals surface area contributed by atoms with Crippen molar-refractivity contribution in [2.24, 2.45) is 11.8 Å². The number of carbonyl (C=O) groups excluding carboxylic acids is 2. The first kappa shape index (κ1) is 19.3. The Balaban J connectivity index is 1.29. The molecule has 4 rings (SSSR count). The zero-order chi connectivity index (χ0) is 19.7. The Labute approximate surface area is 168 Å². The number of hydrogen-bond acceptors (Lipinski definition) is 3. The van der Waals surface area contributed by atoms with Gasteiger partial charge >= 0.3 is 0 Å². The number of likely N-dealkylation sites (tertiary alicyclic amines) is 2. The molecule has 1 aromatic carbocycles. The molecule has 152 valence electrons. The minimum absolute atomic E-state index is 0.0990. The van der Waals surface area contributed by atoms with Crippen LogP contribution in [0.4, 0.5) is 5.69 Å². The van der Waals surface area contributed by atoms with E-state index in [0.29, 0.717) is 37.4 Å². The van der Waals surface area contributed by atoms with E-state index in [0.717, 1.165) is 38.9 Å². The van der Waals surface area contributed by atoms with Gasteiger partial charge in [0, 0.05) is 50.2 Å². The van der Waals surface area contributed by atoms with Crippen molar-refractivity contribution in [2.45, 2.75) is 45.4 Å². The monoisotopic (exact) mass is 383 g/mol. The van der Waals surface area contributed by atoms with Gasteiger partial charge in [0.15, 0.2) is 0 Å². The lowest BCUT2D eigenvalue weighted by Gasteiger charge is -2.37. The molecule has 5 nitrogen and oxygen atoms in total. The summed E-state index contributed by atoms with van der Waals surface area (Å²) in [4.78, 5) is 32.0. The van der Waals surface area contributed by atoms with E-state index in [-0.39, 0.29) is 11.8 Å². The number of rotatable bonds is 3.